The van der Waals surface area contributed by atoms with Gasteiger partial charge in [0.15, 0.2) is 0 Å². The maximum atomic E-state index is 12.6. The van der Waals surface area contributed by atoms with Gasteiger partial charge in [0.2, 0.25) is 0 Å². The third kappa shape index (κ3) is 2.33. The van der Waals surface area contributed by atoms with E-state index in [1.54, 1.807) is 6.08 Å². The Morgan fingerprint density at radius 3 is 2.76 bits per heavy atom. The van der Waals surface area contributed by atoms with Crippen molar-refractivity contribution in [3.05, 3.63) is 34.6 Å². The Balaban J connectivity index is 1.75. The maximum Gasteiger partial charge on any atom is 0.336 e. The minimum Gasteiger partial charge on any atom is -0.469 e. The molecule has 1 heterocycles. The van der Waals surface area contributed by atoms with Gasteiger partial charge < -0.3 is 9.47 Å². The van der Waals surface area contributed by atoms with Crippen LogP contribution in [0.4, 0.5) is 0 Å². The highest BCUT2D eigenvalue weighted by Crippen LogP contribution is 2.61. The van der Waals surface area contributed by atoms with Crippen LogP contribution in [0.2, 0.25) is 0 Å². The fraction of sp³-hybridized carbons (Fsp3) is 0.619. The van der Waals surface area contributed by atoms with E-state index in [-0.39, 0.29) is 17.4 Å². The van der Waals surface area contributed by atoms with Crippen molar-refractivity contribution in [3.8, 4) is 0 Å². The number of fused-ring (bicyclic) bond motifs is 3. The maximum absolute atomic E-state index is 12.6. The van der Waals surface area contributed by atoms with Crippen LogP contribution in [0.25, 0.3) is 0 Å². The van der Waals surface area contributed by atoms with Crippen LogP contribution in [0.3, 0.4) is 0 Å². The van der Waals surface area contributed by atoms with E-state index in [0.29, 0.717) is 5.92 Å². The van der Waals surface area contributed by atoms with E-state index in [2.05, 4.69) is 19.9 Å². The first-order valence-electron chi connectivity index (χ1n) is 9.34. The van der Waals surface area contributed by atoms with Crippen molar-refractivity contribution in [2.24, 2.45) is 16.7 Å². The molecule has 0 saturated heterocycles. The second kappa shape index (κ2) is 5.58. The highest BCUT2D eigenvalue weighted by Gasteiger charge is 2.56. The zero-order chi connectivity index (χ0) is 17.8. The first-order chi connectivity index (χ1) is 11.9. The van der Waals surface area contributed by atoms with Crippen LogP contribution in [0.5, 0.6) is 0 Å². The monoisotopic (exact) mass is 342 g/mol. The van der Waals surface area contributed by atoms with Gasteiger partial charge in [-0.05, 0) is 68.4 Å². The predicted molar refractivity (Wildman–Crippen MR) is 93.3 cm³/mol. The van der Waals surface area contributed by atoms with Crippen molar-refractivity contribution in [1.82, 2.24) is 0 Å². The summed E-state index contributed by atoms with van der Waals surface area (Å²) in [4.78, 5) is 24.2. The Hall–Kier alpha value is -1.84. The lowest BCUT2D eigenvalue weighted by atomic mass is 9.49. The summed E-state index contributed by atoms with van der Waals surface area (Å²) in [5, 5.41) is 0. The molecule has 1 aliphatic heterocycles. The molecule has 3 atom stereocenters. The van der Waals surface area contributed by atoms with Crippen LogP contribution < -0.4 is 0 Å². The van der Waals surface area contributed by atoms with Crippen molar-refractivity contribution in [2.45, 2.75) is 58.8 Å². The summed E-state index contributed by atoms with van der Waals surface area (Å²) < 4.78 is 10.6. The lowest BCUT2D eigenvalue weighted by Crippen LogP contribution is -2.50. The molecule has 3 aliphatic carbocycles. The largest absolute Gasteiger partial charge is 0.469 e. The van der Waals surface area contributed by atoms with Crippen molar-refractivity contribution < 1.29 is 19.1 Å². The fourth-order valence-electron chi connectivity index (χ4n) is 5.93. The molecule has 0 aromatic rings. The molecule has 4 aliphatic rings. The number of carbonyl (C=O) groups is 2. The number of rotatable bonds is 1. The zero-order valence-electron chi connectivity index (χ0n) is 15.3. The van der Waals surface area contributed by atoms with Crippen molar-refractivity contribution in [2.75, 3.05) is 7.11 Å². The van der Waals surface area contributed by atoms with Crippen LogP contribution in [-0.4, -0.2) is 19.0 Å². The molecule has 0 radical (unpaired) electrons. The molecule has 0 bridgehead atoms. The molecule has 4 heteroatoms. The summed E-state index contributed by atoms with van der Waals surface area (Å²) >= 11 is 0. The van der Waals surface area contributed by atoms with E-state index in [1.165, 1.54) is 18.3 Å². The minimum absolute atomic E-state index is 0.0229. The molecule has 134 valence electrons. The van der Waals surface area contributed by atoms with Gasteiger partial charge in [-0.3, -0.25) is 4.79 Å². The van der Waals surface area contributed by atoms with Gasteiger partial charge in [0, 0.05) is 11.6 Å². The van der Waals surface area contributed by atoms with E-state index in [4.69, 9.17) is 9.47 Å². The number of carbonyl (C=O) groups excluding carboxylic acids is 2. The number of esters is 2. The van der Waals surface area contributed by atoms with Crippen LogP contribution >= 0.6 is 0 Å². The number of ether oxygens (including phenoxy) is 2. The predicted octanol–water partition coefficient (Wildman–Crippen LogP) is 4.22. The Kier molecular flexibility index (Phi) is 3.71. The van der Waals surface area contributed by atoms with Crippen molar-refractivity contribution in [1.29, 1.82) is 0 Å². The minimum atomic E-state index is -0.401. The molecule has 25 heavy (non-hydrogen) atoms. The molecular formula is C21H26O4. The first kappa shape index (κ1) is 16.6. The summed E-state index contributed by atoms with van der Waals surface area (Å²) in [7, 11) is 1.51. The average Bonchev–Trinajstić information content (AvgIpc) is 2.82. The number of hydrogen-bond donors (Lipinski definition) is 0. The second-order valence-electron chi connectivity index (χ2n) is 8.37. The van der Waals surface area contributed by atoms with E-state index in [9.17, 15) is 9.59 Å². The standard InChI is InChI=1S/C21H26O4/c1-20-9-4-10-21(2,19(23)24-3)17(20)8-6-13-11-16-14(5-7-15(13)20)12-18(22)25-16/h11-12,17H,4-10H2,1-3H3/t17-,20-,21+/m1/s1. The van der Waals surface area contributed by atoms with Crippen LogP contribution in [-0.2, 0) is 19.1 Å². The Labute approximate surface area is 148 Å². The highest BCUT2D eigenvalue weighted by atomic mass is 16.5. The summed E-state index contributed by atoms with van der Waals surface area (Å²) in [5.41, 5.74) is 3.43. The van der Waals surface area contributed by atoms with Gasteiger partial charge in [-0.1, -0.05) is 18.9 Å². The normalized spacial score (nSPS) is 37.1. The van der Waals surface area contributed by atoms with Gasteiger partial charge in [0.25, 0.3) is 0 Å². The van der Waals surface area contributed by atoms with Crippen LogP contribution in [0, 0.1) is 16.7 Å². The molecule has 0 unspecified atom stereocenters. The zero-order valence-corrected chi connectivity index (χ0v) is 15.3. The quantitative estimate of drug-likeness (QED) is 0.669. The molecule has 0 spiro atoms. The summed E-state index contributed by atoms with van der Waals surface area (Å²) in [6.45, 7) is 4.44. The molecule has 0 aromatic carbocycles. The highest BCUT2D eigenvalue weighted by molar-refractivity contribution is 5.88. The van der Waals surface area contributed by atoms with Gasteiger partial charge in [-0.25, -0.2) is 4.79 Å². The molecule has 4 rings (SSSR count). The topological polar surface area (TPSA) is 52.6 Å². The molecule has 4 nitrogen and oxygen atoms in total. The number of hydrogen-bond acceptors (Lipinski definition) is 4. The van der Waals surface area contributed by atoms with Crippen LogP contribution in [0.1, 0.15) is 58.8 Å². The summed E-state index contributed by atoms with van der Waals surface area (Å²) in [6, 6.07) is 0. The smallest absolute Gasteiger partial charge is 0.336 e. The third-order valence-corrected chi connectivity index (χ3v) is 7.13. The first-order valence-corrected chi connectivity index (χ1v) is 9.34. The van der Waals surface area contributed by atoms with Gasteiger partial charge in [0.05, 0.1) is 12.5 Å². The lowest BCUT2D eigenvalue weighted by molar-refractivity contribution is -0.163. The molecule has 1 fully saturated rings. The lowest BCUT2D eigenvalue weighted by Gasteiger charge is -2.54. The Bertz CT molecular complexity index is 741. The Morgan fingerprint density at radius 1 is 1.20 bits per heavy atom. The number of allylic oxidation sites excluding steroid dienone is 4. The van der Waals surface area contributed by atoms with E-state index >= 15 is 0 Å². The SMILES string of the molecule is COC(=O)[C@@]1(C)CCC[C@]2(C)C3=C(C=C4OC(=O)C=C4CC3)CC[C@@H]12. The third-order valence-electron chi connectivity index (χ3n) is 7.13. The van der Waals surface area contributed by atoms with Gasteiger partial charge >= 0.3 is 11.9 Å². The van der Waals surface area contributed by atoms with Gasteiger partial charge in [0.1, 0.15) is 5.76 Å². The molecule has 0 N–H and O–H groups in total. The van der Waals surface area contributed by atoms with Crippen molar-refractivity contribution >= 4 is 11.9 Å². The fourth-order valence-corrected chi connectivity index (χ4v) is 5.93. The molecule has 0 amide bonds. The number of methoxy groups -OCH3 is 1. The molecule has 0 aromatic heterocycles. The van der Waals surface area contributed by atoms with Gasteiger partial charge in [-0.15, -0.1) is 0 Å². The Morgan fingerprint density at radius 2 is 2.00 bits per heavy atom. The molecular weight excluding hydrogens is 316 g/mol. The average molecular weight is 342 g/mol. The van der Waals surface area contributed by atoms with Crippen molar-refractivity contribution in [3.63, 3.8) is 0 Å². The summed E-state index contributed by atoms with van der Waals surface area (Å²) in [6.07, 6.45) is 10.5. The van der Waals surface area contributed by atoms with E-state index in [1.807, 2.05) is 0 Å². The van der Waals surface area contributed by atoms with Crippen LogP contribution in [0.15, 0.2) is 34.6 Å². The summed E-state index contributed by atoms with van der Waals surface area (Å²) in [5.74, 6) is 0.741. The van der Waals surface area contributed by atoms with E-state index in [0.717, 1.165) is 56.3 Å². The second-order valence-corrected chi connectivity index (χ2v) is 8.37. The van der Waals surface area contributed by atoms with E-state index < -0.39 is 5.41 Å². The molecule has 1 saturated carbocycles. The van der Waals surface area contributed by atoms with Gasteiger partial charge in [-0.2, -0.15) is 0 Å².